The topological polar surface area (TPSA) is 55.6 Å². The smallest absolute Gasteiger partial charge is 0.301 e. The van der Waals surface area contributed by atoms with Gasteiger partial charge in [-0.05, 0) is 5.56 Å². The van der Waals surface area contributed by atoms with Crippen LogP contribution in [0.15, 0.2) is 44.9 Å². The number of ether oxygens (including phenoxy) is 1. The van der Waals surface area contributed by atoms with Crippen LogP contribution in [0.3, 0.4) is 0 Å². The Morgan fingerprint density at radius 2 is 1.91 bits per heavy atom. The van der Waals surface area contributed by atoms with Gasteiger partial charge < -0.3 is 14.1 Å². The predicted octanol–water partition coefficient (Wildman–Crippen LogP) is 2.75. The summed E-state index contributed by atoms with van der Waals surface area (Å²) in [5, 5.41) is 1.95. The molecule has 0 N–H and O–H groups in total. The second-order valence-corrected chi connectivity index (χ2v) is 5.95. The number of nitrogens with zero attached hydrogens (tertiary/aromatic N) is 2. The number of anilines is 1. The number of thiophene rings is 1. The van der Waals surface area contributed by atoms with Crippen LogP contribution in [0.5, 0.6) is 0 Å². The molecule has 1 fully saturated rings. The molecule has 0 atom stereocenters. The van der Waals surface area contributed by atoms with E-state index in [0.717, 1.165) is 11.1 Å². The van der Waals surface area contributed by atoms with Gasteiger partial charge >= 0.3 is 6.01 Å². The number of hydrogen-bond donors (Lipinski definition) is 0. The highest BCUT2D eigenvalue weighted by molar-refractivity contribution is 7.17. The van der Waals surface area contributed by atoms with Gasteiger partial charge in [-0.2, -0.15) is 4.98 Å². The molecular weight excluding hydrogens is 300 g/mol. The molecule has 0 bridgehead atoms. The fourth-order valence-corrected chi connectivity index (χ4v) is 3.44. The Morgan fingerprint density at radius 3 is 2.68 bits per heavy atom. The zero-order valence-electron chi connectivity index (χ0n) is 11.8. The van der Waals surface area contributed by atoms with Gasteiger partial charge in [-0.25, -0.2) is 0 Å². The standard InChI is InChI=1S/C16H14N2O3S/c19-15-14-13(12(10-22-14)11-4-2-1-3-5-11)21-16(17-15)18-6-8-20-9-7-18/h1-5,10H,6-9H2. The SMILES string of the molecule is O=c1nc(N2CCOCC2)oc2c(-c3ccccc3)csc12. The quantitative estimate of drug-likeness (QED) is 0.728. The van der Waals surface area contributed by atoms with Crippen molar-refractivity contribution in [3.05, 3.63) is 46.1 Å². The summed E-state index contributed by atoms with van der Waals surface area (Å²) in [5.41, 5.74) is 2.37. The molecule has 1 saturated heterocycles. The van der Waals surface area contributed by atoms with Crippen molar-refractivity contribution < 1.29 is 9.15 Å². The monoisotopic (exact) mass is 314 g/mol. The molecule has 1 aliphatic heterocycles. The summed E-state index contributed by atoms with van der Waals surface area (Å²) in [5.74, 6) is 0. The molecule has 0 amide bonds. The average Bonchev–Trinajstić information content (AvgIpc) is 3.01. The Labute approximate surface area is 130 Å². The van der Waals surface area contributed by atoms with Crippen molar-refractivity contribution in [2.45, 2.75) is 0 Å². The van der Waals surface area contributed by atoms with Crippen LogP contribution in [0.1, 0.15) is 0 Å². The second-order valence-electron chi connectivity index (χ2n) is 5.07. The Balaban J connectivity index is 1.86. The highest BCUT2D eigenvalue weighted by Gasteiger charge is 2.19. The minimum absolute atomic E-state index is 0.227. The summed E-state index contributed by atoms with van der Waals surface area (Å²) in [6.45, 7) is 2.62. The van der Waals surface area contributed by atoms with Gasteiger partial charge in [-0.1, -0.05) is 30.3 Å². The Morgan fingerprint density at radius 1 is 1.14 bits per heavy atom. The van der Waals surface area contributed by atoms with Crippen LogP contribution in [-0.2, 0) is 4.74 Å². The van der Waals surface area contributed by atoms with E-state index in [4.69, 9.17) is 9.15 Å². The third kappa shape index (κ3) is 2.30. The molecule has 0 saturated carbocycles. The fourth-order valence-electron chi connectivity index (χ4n) is 2.55. The summed E-state index contributed by atoms with van der Waals surface area (Å²) >= 11 is 1.38. The van der Waals surface area contributed by atoms with Gasteiger partial charge in [0, 0.05) is 24.0 Å². The summed E-state index contributed by atoms with van der Waals surface area (Å²) in [6, 6.07) is 10.3. The molecule has 2 aromatic heterocycles. The first-order valence-electron chi connectivity index (χ1n) is 7.13. The second kappa shape index (κ2) is 5.55. The van der Waals surface area contributed by atoms with Crippen LogP contribution >= 0.6 is 11.3 Å². The number of morpholine rings is 1. The molecule has 1 aromatic carbocycles. The molecule has 22 heavy (non-hydrogen) atoms. The molecule has 112 valence electrons. The van der Waals surface area contributed by atoms with Crippen molar-refractivity contribution in [2.24, 2.45) is 0 Å². The first kappa shape index (κ1) is 13.5. The van der Waals surface area contributed by atoms with Crippen molar-refractivity contribution in [3.63, 3.8) is 0 Å². The van der Waals surface area contributed by atoms with Gasteiger partial charge in [0.25, 0.3) is 5.56 Å². The van der Waals surface area contributed by atoms with E-state index in [1.165, 1.54) is 11.3 Å². The summed E-state index contributed by atoms with van der Waals surface area (Å²) in [7, 11) is 0. The molecule has 4 rings (SSSR count). The summed E-state index contributed by atoms with van der Waals surface area (Å²) < 4.78 is 11.9. The molecule has 3 heterocycles. The van der Waals surface area contributed by atoms with Crippen LogP contribution in [-0.4, -0.2) is 31.3 Å². The lowest BCUT2D eigenvalue weighted by Gasteiger charge is -2.25. The van der Waals surface area contributed by atoms with Crippen LogP contribution in [0.2, 0.25) is 0 Å². The van der Waals surface area contributed by atoms with Crippen molar-refractivity contribution in [1.82, 2.24) is 4.98 Å². The van der Waals surface area contributed by atoms with Gasteiger partial charge in [0.15, 0.2) is 5.58 Å². The number of hydrogen-bond acceptors (Lipinski definition) is 6. The Bertz CT molecular complexity index is 851. The molecule has 6 heteroatoms. The van der Waals surface area contributed by atoms with Crippen molar-refractivity contribution in [3.8, 4) is 11.1 Å². The molecule has 3 aromatic rings. The summed E-state index contributed by atoms with van der Waals surface area (Å²) in [4.78, 5) is 18.3. The fraction of sp³-hybridized carbons (Fsp3) is 0.250. The highest BCUT2D eigenvalue weighted by atomic mass is 32.1. The van der Waals surface area contributed by atoms with Crippen LogP contribution in [0.25, 0.3) is 21.4 Å². The van der Waals surface area contributed by atoms with Crippen molar-refractivity contribution >= 4 is 27.6 Å². The van der Waals surface area contributed by atoms with Crippen LogP contribution in [0.4, 0.5) is 6.01 Å². The minimum Gasteiger partial charge on any atom is -0.423 e. The maximum atomic E-state index is 12.3. The predicted molar refractivity (Wildman–Crippen MR) is 86.6 cm³/mol. The molecule has 0 unspecified atom stereocenters. The van der Waals surface area contributed by atoms with E-state index in [-0.39, 0.29) is 5.56 Å². The van der Waals surface area contributed by atoms with E-state index in [1.54, 1.807) is 0 Å². The van der Waals surface area contributed by atoms with Gasteiger partial charge in [0.05, 0.1) is 13.2 Å². The Hall–Kier alpha value is -2.18. The van der Waals surface area contributed by atoms with E-state index in [0.29, 0.717) is 42.6 Å². The maximum Gasteiger partial charge on any atom is 0.301 e. The minimum atomic E-state index is -0.227. The third-order valence-electron chi connectivity index (χ3n) is 3.70. The Kier molecular flexibility index (Phi) is 3.40. The molecule has 1 aliphatic rings. The normalized spacial score (nSPS) is 15.4. The lowest BCUT2D eigenvalue weighted by molar-refractivity contribution is 0.120. The highest BCUT2D eigenvalue weighted by Crippen LogP contribution is 2.33. The third-order valence-corrected chi connectivity index (χ3v) is 4.65. The van der Waals surface area contributed by atoms with E-state index < -0.39 is 0 Å². The molecule has 0 aliphatic carbocycles. The van der Waals surface area contributed by atoms with Crippen LogP contribution in [0, 0.1) is 0 Å². The molecule has 5 nitrogen and oxygen atoms in total. The largest absolute Gasteiger partial charge is 0.423 e. The van der Waals surface area contributed by atoms with Gasteiger partial charge in [0.1, 0.15) is 4.70 Å². The number of aromatic nitrogens is 1. The molecule has 0 spiro atoms. The number of rotatable bonds is 2. The van der Waals surface area contributed by atoms with E-state index in [1.807, 2.05) is 40.6 Å². The number of benzene rings is 1. The first-order valence-corrected chi connectivity index (χ1v) is 8.01. The first-order chi connectivity index (χ1) is 10.8. The van der Waals surface area contributed by atoms with E-state index in [9.17, 15) is 4.79 Å². The zero-order valence-corrected chi connectivity index (χ0v) is 12.6. The lowest BCUT2D eigenvalue weighted by Crippen LogP contribution is -2.37. The van der Waals surface area contributed by atoms with Gasteiger partial charge in [-0.15, -0.1) is 11.3 Å². The summed E-state index contributed by atoms with van der Waals surface area (Å²) in [6.07, 6.45) is 0. The van der Waals surface area contributed by atoms with E-state index in [2.05, 4.69) is 4.98 Å². The lowest BCUT2D eigenvalue weighted by atomic mass is 10.1. The van der Waals surface area contributed by atoms with Crippen LogP contribution < -0.4 is 10.5 Å². The maximum absolute atomic E-state index is 12.3. The van der Waals surface area contributed by atoms with E-state index >= 15 is 0 Å². The van der Waals surface area contributed by atoms with Crippen molar-refractivity contribution in [1.29, 1.82) is 0 Å². The van der Waals surface area contributed by atoms with Gasteiger partial charge in [-0.3, -0.25) is 4.79 Å². The number of fused-ring (bicyclic) bond motifs is 1. The average molecular weight is 314 g/mol. The molecule has 0 radical (unpaired) electrons. The zero-order chi connectivity index (χ0) is 14.9. The molecular formula is C16H14N2O3S. The van der Waals surface area contributed by atoms with Crippen molar-refractivity contribution in [2.75, 3.05) is 31.2 Å². The van der Waals surface area contributed by atoms with Gasteiger partial charge in [0.2, 0.25) is 0 Å².